The Morgan fingerprint density at radius 2 is 2.37 bits per heavy atom. The van der Waals surface area contributed by atoms with Gasteiger partial charge in [-0.3, -0.25) is 19.5 Å². The molecule has 1 fully saturated rings. The van der Waals surface area contributed by atoms with Crippen molar-refractivity contribution in [3.63, 3.8) is 0 Å². The van der Waals surface area contributed by atoms with Crippen LogP contribution in [0.3, 0.4) is 0 Å². The molecule has 0 saturated carbocycles. The molecule has 0 radical (unpaired) electrons. The third-order valence-electron chi connectivity index (χ3n) is 3.55. The fourth-order valence-corrected chi connectivity index (χ4v) is 2.51. The van der Waals surface area contributed by atoms with E-state index in [0.717, 1.165) is 25.7 Å². The zero-order valence-corrected chi connectivity index (χ0v) is 11.2. The molecule has 1 amide bonds. The number of aromatic nitrogens is 2. The van der Waals surface area contributed by atoms with E-state index < -0.39 is 0 Å². The molecular weight excluding hydrogens is 244 g/mol. The van der Waals surface area contributed by atoms with Gasteiger partial charge in [-0.2, -0.15) is 0 Å². The predicted octanol–water partition coefficient (Wildman–Crippen LogP) is 0.374. The molecule has 0 aromatic carbocycles. The van der Waals surface area contributed by atoms with Gasteiger partial charge in [0.1, 0.15) is 5.69 Å². The lowest BCUT2D eigenvalue weighted by atomic mass is 10.0. The van der Waals surface area contributed by atoms with E-state index in [1.54, 1.807) is 0 Å². The van der Waals surface area contributed by atoms with Crippen LogP contribution in [0.25, 0.3) is 0 Å². The van der Waals surface area contributed by atoms with Gasteiger partial charge in [-0.25, -0.2) is 0 Å². The maximum atomic E-state index is 11.9. The Kier molecular flexibility index (Phi) is 4.68. The van der Waals surface area contributed by atoms with Crippen LogP contribution in [-0.2, 0) is 0 Å². The molecule has 0 bridgehead atoms. The highest BCUT2D eigenvalue weighted by Crippen LogP contribution is 2.15. The molecule has 2 rings (SSSR count). The summed E-state index contributed by atoms with van der Waals surface area (Å²) in [6.45, 7) is 4.85. The SMILES string of the molecule is CCN1CCCC[C@@H]1CNC(=O)c1cncc(=O)[nH]1. The van der Waals surface area contributed by atoms with E-state index in [9.17, 15) is 9.59 Å². The van der Waals surface area contributed by atoms with Crippen LogP contribution in [0.5, 0.6) is 0 Å². The molecule has 0 unspecified atom stereocenters. The van der Waals surface area contributed by atoms with Gasteiger partial charge in [0.05, 0.1) is 12.4 Å². The van der Waals surface area contributed by atoms with Crippen LogP contribution in [0.1, 0.15) is 36.7 Å². The van der Waals surface area contributed by atoms with Crippen LogP contribution in [0.4, 0.5) is 0 Å². The smallest absolute Gasteiger partial charge is 0.269 e. The number of nitrogens with one attached hydrogen (secondary N) is 2. The van der Waals surface area contributed by atoms with E-state index in [1.807, 2.05) is 0 Å². The molecule has 1 aliphatic rings. The average Bonchev–Trinajstić information content (AvgIpc) is 2.45. The van der Waals surface area contributed by atoms with E-state index in [0.29, 0.717) is 12.6 Å². The maximum Gasteiger partial charge on any atom is 0.269 e. The molecule has 2 N–H and O–H groups in total. The van der Waals surface area contributed by atoms with Gasteiger partial charge in [-0.15, -0.1) is 0 Å². The molecule has 1 aliphatic heterocycles. The lowest BCUT2D eigenvalue weighted by Gasteiger charge is -2.34. The molecular formula is C13H20N4O2. The minimum absolute atomic E-state index is 0.214. The largest absolute Gasteiger partial charge is 0.349 e. The van der Waals surface area contributed by atoms with Gasteiger partial charge in [0.15, 0.2) is 0 Å². The first-order valence-electron chi connectivity index (χ1n) is 6.77. The van der Waals surface area contributed by atoms with E-state index in [-0.39, 0.29) is 17.2 Å². The lowest BCUT2D eigenvalue weighted by Crippen LogP contribution is -2.46. The second-order valence-corrected chi connectivity index (χ2v) is 4.80. The number of H-pyrrole nitrogens is 1. The molecule has 104 valence electrons. The topological polar surface area (TPSA) is 78.1 Å². The van der Waals surface area contributed by atoms with Gasteiger partial charge in [0, 0.05) is 12.6 Å². The molecule has 2 heterocycles. The first-order chi connectivity index (χ1) is 9.20. The number of carbonyl (C=O) groups is 1. The van der Waals surface area contributed by atoms with Crippen molar-refractivity contribution in [2.45, 2.75) is 32.2 Å². The zero-order chi connectivity index (χ0) is 13.7. The van der Waals surface area contributed by atoms with E-state index in [2.05, 4.69) is 27.1 Å². The summed E-state index contributed by atoms with van der Waals surface area (Å²) < 4.78 is 0. The summed E-state index contributed by atoms with van der Waals surface area (Å²) in [5.74, 6) is -0.271. The highest BCUT2D eigenvalue weighted by molar-refractivity contribution is 5.91. The number of likely N-dealkylation sites (N-methyl/N-ethyl adjacent to an activating group) is 1. The number of nitrogens with zero attached hydrogens (tertiary/aromatic N) is 2. The Balaban J connectivity index is 1.91. The molecule has 1 saturated heterocycles. The van der Waals surface area contributed by atoms with Crippen LogP contribution in [0, 0.1) is 0 Å². The number of rotatable bonds is 4. The van der Waals surface area contributed by atoms with Crippen molar-refractivity contribution < 1.29 is 4.79 Å². The minimum Gasteiger partial charge on any atom is -0.349 e. The summed E-state index contributed by atoms with van der Waals surface area (Å²) in [7, 11) is 0. The quantitative estimate of drug-likeness (QED) is 0.824. The Morgan fingerprint density at radius 1 is 1.53 bits per heavy atom. The van der Waals surface area contributed by atoms with Crippen LogP contribution in [0.15, 0.2) is 17.2 Å². The minimum atomic E-state index is -0.361. The van der Waals surface area contributed by atoms with Crippen molar-refractivity contribution in [1.82, 2.24) is 20.2 Å². The van der Waals surface area contributed by atoms with Gasteiger partial charge in [0.25, 0.3) is 11.5 Å². The van der Waals surface area contributed by atoms with E-state index in [4.69, 9.17) is 0 Å². The molecule has 6 heteroatoms. The summed E-state index contributed by atoms with van der Waals surface area (Å²) in [6, 6.07) is 0.395. The van der Waals surface area contributed by atoms with Crippen LogP contribution >= 0.6 is 0 Å². The van der Waals surface area contributed by atoms with Crippen LogP contribution in [0.2, 0.25) is 0 Å². The lowest BCUT2D eigenvalue weighted by molar-refractivity contribution is 0.0912. The van der Waals surface area contributed by atoms with Gasteiger partial charge >= 0.3 is 0 Å². The van der Waals surface area contributed by atoms with Crippen LogP contribution < -0.4 is 10.9 Å². The molecule has 6 nitrogen and oxygen atoms in total. The summed E-state index contributed by atoms with van der Waals surface area (Å²) in [5, 5.41) is 2.87. The van der Waals surface area contributed by atoms with Crippen molar-refractivity contribution in [3.05, 3.63) is 28.4 Å². The molecule has 0 spiro atoms. The summed E-state index contributed by atoms with van der Waals surface area (Å²) in [6.07, 6.45) is 6.07. The second kappa shape index (κ2) is 6.47. The molecule has 19 heavy (non-hydrogen) atoms. The number of hydrogen-bond acceptors (Lipinski definition) is 4. The average molecular weight is 264 g/mol. The normalized spacial score (nSPS) is 20.2. The first kappa shape index (κ1) is 13.7. The Morgan fingerprint density at radius 3 is 3.11 bits per heavy atom. The number of likely N-dealkylation sites (tertiary alicyclic amines) is 1. The number of amides is 1. The van der Waals surface area contributed by atoms with E-state index >= 15 is 0 Å². The van der Waals surface area contributed by atoms with Gasteiger partial charge in [-0.05, 0) is 25.9 Å². The second-order valence-electron chi connectivity index (χ2n) is 4.80. The monoisotopic (exact) mass is 264 g/mol. The van der Waals surface area contributed by atoms with Gasteiger partial charge in [-0.1, -0.05) is 13.3 Å². The number of hydrogen-bond donors (Lipinski definition) is 2. The highest BCUT2D eigenvalue weighted by Gasteiger charge is 2.21. The zero-order valence-electron chi connectivity index (χ0n) is 11.2. The summed E-state index contributed by atoms with van der Waals surface area (Å²) in [5.41, 5.74) is -0.146. The predicted molar refractivity (Wildman–Crippen MR) is 72.1 cm³/mol. The molecule has 0 aliphatic carbocycles. The summed E-state index contributed by atoms with van der Waals surface area (Å²) >= 11 is 0. The van der Waals surface area contributed by atoms with E-state index in [1.165, 1.54) is 19.0 Å². The molecule has 1 atom stereocenters. The van der Waals surface area contributed by atoms with Crippen LogP contribution in [-0.4, -0.2) is 46.5 Å². The summed E-state index contributed by atoms with van der Waals surface area (Å²) in [4.78, 5) is 31.6. The Bertz CT molecular complexity index is 486. The fourth-order valence-electron chi connectivity index (χ4n) is 2.51. The highest BCUT2D eigenvalue weighted by atomic mass is 16.2. The maximum absolute atomic E-state index is 11.9. The molecule has 1 aromatic heterocycles. The third kappa shape index (κ3) is 3.64. The Labute approximate surface area is 112 Å². The van der Waals surface area contributed by atoms with Gasteiger partial charge in [0.2, 0.25) is 0 Å². The van der Waals surface area contributed by atoms with Crippen molar-refractivity contribution in [2.75, 3.05) is 19.6 Å². The Hall–Kier alpha value is -1.69. The van der Waals surface area contributed by atoms with Crippen molar-refractivity contribution in [2.24, 2.45) is 0 Å². The third-order valence-corrected chi connectivity index (χ3v) is 3.55. The first-order valence-corrected chi connectivity index (χ1v) is 6.77. The van der Waals surface area contributed by atoms with Crippen molar-refractivity contribution in [1.29, 1.82) is 0 Å². The van der Waals surface area contributed by atoms with Crippen molar-refractivity contribution >= 4 is 5.91 Å². The van der Waals surface area contributed by atoms with Crippen molar-refractivity contribution in [3.8, 4) is 0 Å². The molecule has 1 aromatic rings. The number of carbonyl (C=O) groups excluding carboxylic acids is 1. The number of aromatic amines is 1. The number of piperidine rings is 1. The standard InChI is InChI=1S/C13H20N4O2/c1-2-17-6-4-3-5-10(17)7-15-13(19)11-8-14-9-12(18)16-11/h8-10H,2-7H2,1H3,(H,15,19)(H,16,18)/t10-/m1/s1. The van der Waals surface area contributed by atoms with Gasteiger partial charge < -0.3 is 10.3 Å². The fraction of sp³-hybridized carbons (Fsp3) is 0.615.